The Labute approximate surface area is 149 Å². The maximum absolute atomic E-state index is 13.0. The summed E-state index contributed by atoms with van der Waals surface area (Å²) in [4.78, 5) is 29.2. The van der Waals surface area contributed by atoms with Gasteiger partial charge in [0.2, 0.25) is 11.8 Å². The molecule has 3 atom stereocenters. The zero-order valence-electron chi connectivity index (χ0n) is 14.9. The normalized spacial score (nSPS) is 29.6. The van der Waals surface area contributed by atoms with Crippen molar-refractivity contribution in [2.24, 2.45) is 17.8 Å². The van der Waals surface area contributed by atoms with E-state index >= 15 is 0 Å². The third-order valence-corrected chi connectivity index (χ3v) is 6.15. The largest absolute Gasteiger partial charge is 0.342 e. The number of hydrogen-bond acceptors (Lipinski definition) is 3. The van der Waals surface area contributed by atoms with Crippen LogP contribution in [0.25, 0.3) is 0 Å². The molecule has 2 amide bonds. The molecule has 1 aromatic carbocycles. The van der Waals surface area contributed by atoms with E-state index in [9.17, 15) is 9.59 Å². The molecule has 1 unspecified atom stereocenters. The quantitative estimate of drug-likeness (QED) is 0.892. The minimum atomic E-state index is -0.190. The van der Waals surface area contributed by atoms with Crippen LogP contribution in [0.1, 0.15) is 24.8 Å². The molecule has 0 aliphatic carbocycles. The monoisotopic (exact) mass is 341 g/mol. The number of carbonyl (C=O) groups excluding carboxylic acids is 2. The van der Waals surface area contributed by atoms with Crippen molar-refractivity contribution in [3.63, 3.8) is 0 Å². The molecule has 3 heterocycles. The number of aryl methyl sites for hydroxylation is 1. The Morgan fingerprint density at radius 3 is 2.36 bits per heavy atom. The number of hydrogen-bond donors (Lipinski definition) is 1. The van der Waals surface area contributed by atoms with E-state index in [1.807, 2.05) is 36.1 Å². The van der Waals surface area contributed by atoms with Gasteiger partial charge in [0.05, 0.1) is 5.92 Å². The number of anilines is 1. The first-order valence-electron chi connectivity index (χ1n) is 9.48. The van der Waals surface area contributed by atoms with Gasteiger partial charge >= 0.3 is 0 Å². The summed E-state index contributed by atoms with van der Waals surface area (Å²) in [5.41, 5.74) is 2.08. The van der Waals surface area contributed by atoms with Crippen LogP contribution in [0.2, 0.25) is 0 Å². The van der Waals surface area contributed by atoms with Gasteiger partial charge in [0, 0.05) is 31.7 Å². The summed E-state index contributed by atoms with van der Waals surface area (Å²) in [6.45, 7) is 6.43. The SMILES string of the molecule is Cc1ccc(N2CC(C(=O)N3CC[C@@H]4CNC[C@@H]4CC3)CC2=O)cc1. The fourth-order valence-electron chi connectivity index (χ4n) is 4.54. The second kappa shape index (κ2) is 6.79. The first-order chi connectivity index (χ1) is 12.1. The topological polar surface area (TPSA) is 52.7 Å². The van der Waals surface area contributed by atoms with E-state index in [0.717, 1.165) is 44.7 Å². The van der Waals surface area contributed by atoms with Gasteiger partial charge < -0.3 is 15.1 Å². The fraction of sp³-hybridized carbons (Fsp3) is 0.600. The number of likely N-dealkylation sites (tertiary alicyclic amines) is 1. The van der Waals surface area contributed by atoms with E-state index in [2.05, 4.69) is 5.32 Å². The van der Waals surface area contributed by atoms with Gasteiger partial charge in [-0.15, -0.1) is 0 Å². The van der Waals surface area contributed by atoms with Crippen molar-refractivity contribution < 1.29 is 9.59 Å². The predicted octanol–water partition coefficient (Wildman–Crippen LogP) is 1.81. The van der Waals surface area contributed by atoms with E-state index in [1.165, 1.54) is 5.56 Å². The van der Waals surface area contributed by atoms with Crippen LogP contribution in [0.4, 0.5) is 5.69 Å². The number of amides is 2. The van der Waals surface area contributed by atoms with Gasteiger partial charge in [-0.1, -0.05) is 17.7 Å². The minimum absolute atomic E-state index is 0.0677. The van der Waals surface area contributed by atoms with Crippen molar-refractivity contribution >= 4 is 17.5 Å². The summed E-state index contributed by atoms with van der Waals surface area (Å²) in [6, 6.07) is 7.97. The van der Waals surface area contributed by atoms with Crippen molar-refractivity contribution in [3.8, 4) is 0 Å². The second-order valence-corrected chi connectivity index (χ2v) is 7.82. The molecule has 4 rings (SSSR count). The van der Waals surface area contributed by atoms with Crippen LogP contribution < -0.4 is 10.2 Å². The lowest BCUT2D eigenvalue weighted by molar-refractivity contribution is -0.135. The number of fused-ring (bicyclic) bond motifs is 1. The highest BCUT2D eigenvalue weighted by Gasteiger charge is 2.39. The molecular formula is C20H27N3O2. The Kier molecular flexibility index (Phi) is 4.50. The molecule has 0 bridgehead atoms. The molecule has 25 heavy (non-hydrogen) atoms. The third-order valence-electron chi connectivity index (χ3n) is 6.15. The van der Waals surface area contributed by atoms with Gasteiger partial charge in [-0.2, -0.15) is 0 Å². The first kappa shape index (κ1) is 16.6. The summed E-state index contributed by atoms with van der Waals surface area (Å²) < 4.78 is 0. The Morgan fingerprint density at radius 1 is 1.08 bits per heavy atom. The van der Waals surface area contributed by atoms with E-state index in [4.69, 9.17) is 0 Å². The zero-order valence-corrected chi connectivity index (χ0v) is 14.9. The summed E-state index contributed by atoms with van der Waals surface area (Å²) in [5.74, 6) is 1.48. The number of nitrogens with zero attached hydrogens (tertiary/aromatic N) is 2. The van der Waals surface area contributed by atoms with Crippen LogP contribution in [-0.2, 0) is 9.59 Å². The molecule has 134 valence electrons. The van der Waals surface area contributed by atoms with Crippen molar-refractivity contribution in [1.29, 1.82) is 0 Å². The second-order valence-electron chi connectivity index (χ2n) is 7.82. The van der Waals surface area contributed by atoms with E-state index < -0.39 is 0 Å². The molecule has 0 radical (unpaired) electrons. The van der Waals surface area contributed by atoms with Crippen LogP contribution in [-0.4, -0.2) is 49.4 Å². The van der Waals surface area contributed by atoms with E-state index in [1.54, 1.807) is 4.90 Å². The molecule has 0 saturated carbocycles. The number of benzene rings is 1. The number of nitrogens with one attached hydrogen (secondary N) is 1. The lowest BCUT2D eigenvalue weighted by atomic mass is 9.92. The van der Waals surface area contributed by atoms with E-state index in [-0.39, 0.29) is 17.7 Å². The van der Waals surface area contributed by atoms with Crippen LogP contribution in [0.5, 0.6) is 0 Å². The van der Waals surface area contributed by atoms with Crippen molar-refractivity contribution in [3.05, 3.63) is 29.8 Å². The molecule has 1 N–H and O–H groups in total. The standard InChI is InChI=1S/C20H27N3O2/c1-14-2-4-18(5-3-14)23-13-17(10-19(23)24)20(25)22-8-6-15-11-21-12-16(15)7-9-22/h2-5,15-17,21H,6-13H2,1H3/t15-,16+,17?. The lowest BCUT2D eigenvalue weighted by Gasteiger charge is -2.24. The first-order valence-corrected chi connectivity index (χ1v) is 9.48. The van der Waals surface area contributed by atoms with Gasteiger partial charge in [0.25, 0.3) is 0 Å². The van der Waals surface area contributed by atoms with Crippen LogP contribution in [0, 0.1) is 24.7 Å². The summed E-state index contributed by atoms with van der Waals surface area (Å²) in [5, 5.41) is 3.47. The Hall–Kier alpha value is -1.88. The van der Waals surface area contributed by atoms with E-state index in [0.29, 0.717) is 24.8 Å². The Balaban J connectivity index is 1.41. The van der Waals surface area contributed by atoms with Gasteiger partial charge in [-0.25, -0.2) is 0 Å². The van der Waals surface area contributed by atoms with Crippen molar-refractivity contribution in [2.45, 2.75) is 26.2 Å². The van der Waals surface area contributed by atoms with Crippen LogP contribution in [0.3, 0.4) is 0 Å². The lowest BCUT2D eigenvalue weighted by Crippen LogP contribution is -2.38. The minimum Gasteiger partial charge on any atom is -0.342 e. The highest BCUT2D eigenvalue weighted by atomic mass is 16.2. The average Bonchev–Trinajstić information content (AvgIpc) is 3.17. The van der Waals surface area contributed by atoms with Crippen molar-refractivity contribution in [1.82, 2.24) is 10.2 Å². The van der Waals surface area contributed by atoms with Gasteiger partial charge in [-0.05, 0) is 56.8 Å². The Bertz CT molecular complexity index is 643. The maximum atomic E-state index is 13.0. The molecule has 5 nitrogen and oxygen atoms in total. The summed E-state index contributed by atoms with van der Waals surface area (Å²) >= 11 is 0. The molecule has 5 heteroatoms. The maximum Gasteiger partial charge on any atom is 0.228 e. The van der Waals surface area contributed by atoms with Crippen molar-refractivity contribution in [2.75, 3.05) is 37.6 Å². The summed E-state index contributed by atoms with van der Waals surface area (Å²) in [6.07, 6.45) is 2.52. The fourth-order valence-corrected chi connectivity index (χ4v) is 4.54. The molecule has 3 aliphatic heterocycles. The molecule has 3 aliphatic rings. The van der Waals surface area contributed by atoms with Crippen LogP contribution in [0.15, 0.2) is 24.3 Å². The molecule has 3 saturated heterocycles. The summed E-state index contributed by atoms with van der Waals surface area (Å²) in [7, 11) is 0. The smallest absolute Gasteiger partial charge is 0.228 e. The molecule has 0 spiro atoms. The number of rotatable bonds is 2. The van der Waals surface area contributed by atoms with Crippen LogP contribution >= 0.6 is 0 Å². The predicted molar refractivity (Wildman–Crippen MR) is 97.3 cm³/mol. The molecule has 0 aromatic heterocycles. The average molecular weight is 341 g/mol. The van der Waals surface area contributed by atoms with Gasteiger partial charge in [0.15, 0.2) is 0 Å². The number of carbonyl (C=O) groups is 2. The zero-order chi connectivity index (χ0) is 17.4. The molecule has 3 fully saturated rings. The van der Waals surface area contributed by atoms with Gasteiger partial charge in [-0.3, -0.25) is 9.59 Å². The third kappa shape index (κ3) is 3.30. The molecular weight excluding hydrogens is 314 g/mol. The highest BCUT2D eigenvalue weighted by Crippen LogP contribution is 2.30. The Morgan fingerprint density at radius 2 is 1.72 bits per heavy atom. The highest BCUT2D eigenvalue weighted by molar-refractivity contribution is 6.00. The van der Waals surface area contributed by atoms with Gasteiger partial charge in [0.1, 0.15) is 0 Å². The molecule has 1 aromatic rings.